The number of anilines is 1. The summed E-state index contributed by atoms with van der Waals surface area (Å²) < 4.78 is 41.5. The first-order chi connectivity index (χ1) is 15.8. The minimum absolute atomic E-state index is 0.000344. The van der Waals surface area contributed by atoms with E-state index >= 15 is 0 Å². The Morgan fingerprint density at radius 1 is 1.00 bits per heavy atom. The lowest BCUT2D eigenvalue weighted by molar-refractivity contribution is -0.116. The molecule has 0 aliphatic carbocycles. The number of aryl methyl sites for hydroxylation is 1. The van der Waals surface area contributed by atoms with Crippen molar-refractivity contribution in [3.63, 3.8) is 0 Å². The van der Waals surface area contributed by atoms with Gasteiger partial charge in [-0.1, -0.05) is 22.8 Å². The molecule has 0 radical (unpaired) electrons. The van der Waals surface area contributed by atoms with Gasteiger partial charge in [-0.2, -0.15) is 0 Å². The third-order valence-electron chi connectivity index (χ3n) is 4.66. The quantitative estimate of drug-likeness (QED) is 0.443. The first-order valence-corrected chi connectivity index (χ1v) is 12.3. The van der Waals surface area contributed by atoms with E-state index in [1.165, 1.54) is 0 Å². The van der Waals surface area contributed by atoms with Gasteiger partial charge in [0.25, 0.3) is 0 Å². The Labute approximate surface area is 193 Å². The zero-order valence-electron chi connectivity index (χ0n) is 18.8. The van der Waals surface area contributed by atoms with E-state index in [2.05, 4.69) is 15.5 Å². The molecule has 0 saturated heterocycles. The van der Waals surface area contributed by atoms with Crippen molar-refractivity contribution in [2.24, 2.45) is 0 Å². The SMILES string of the molecule is CCOc1ccc(-c2nnc(NC(=O)CCCS(=O)(=O)c3ccc(C)cc3)o2)cc1OCC. The number of ether oxygens (including phenoxy) is 2. The molecule has 9 nitrogen and oxygen atoms in total. The molecule has 0 atom stereocenters. The normalized spacial score (nSPS) is 11.2. The van der Waals surface area contributed by atoms with E-state index in [1.54, 1.807) is 42.5 Å². The molecule has 10 heteroatoms. The second kappa shape index (κ2) is 11.0. The largest absolute Gasteiger partial charge is 0.490 e. The number of aromatic nitrogens is 2. The highest BCUT2D eigenvalue weighted by atomic mass is 32.2. The molecule has 3 aromatic rings. The highest BCUT2D eigenvalue weighted by molar-refractivity contribution is 7.91. The number of nitrogens with one attached hydrogen (secondary N) is 1. The average molecular weight is 474 g/mol. The Balaban J connectivity index is 1.57. The highest BCUT2D eigenvalue weighted by Crippen LogP contribution is 2.32. The lowest BCUT2D eigenvalue weighted by atomic mass is 10.2. The molecule has 33 heavy (non-hydrogen) atoms. The van der Waals surface area contributed by atoms with Crippen LogP contribution in [0.2, 0.25) is 0 Å². The summed E-state index contributed by atoms with van der Waals surface area (Å²) in [5.74, 6) is 0.819. The monoisotopic (exact) mass is 473 g/mol. The number of rotatable bonds is 11. The first kappa shape index (κ1) is 24.2. The molecule has 0 saturated carbocycles. The van der Waals surface area contributed by atoms with Crippen molar-refractivity contribution in [3.8, 4) is 23.0 Å². The van der Waals surface area contributed by atoms with E-state index in [4.69, 9.17) is 13.9 Å². The molecule has 0 aliphatic heterocycles. The minimum Gasteiger partial charge on any atom is -0.490 e. The van der Waals surface area contributed by atoms with Crippen LogP contribution in [0.4, 0.5) is 6.01 Å². The number of hydrogen-bond acceptors (Lipinski definition) is 8. The smallest absolute Gasteiger partial charge is 0.322 e. The number of carbonyl (C=O) groups excluding carboxylic acids is 1. The Kier molecular flexibility index (Phi) is 8.05. The van der Waals surface area contributed by atoms with Crippen molar-refractivity contribution in [2.75, 3.05) is 24.3 Å². The predicted molar refractivity (Wildman–Crippen MR) is 123 cm³/mol. The molecule has 176 valence electrons. The molecule has 1 N–H and O–H groups in total. The summed E-state index contributed by atoms with van der Waals surface area (Å²) in [6.07, 6.45) is 0.167. The van der Waals surface area contributed by atoms with Crippen LogP contribution in [0.5, 0.6) is 11.5 Å². The summed E-state index contributed by atoms with van der Waals surface area (Å²) >= 11 is 0. The molecule has 0 bridgehead atoms. The molecule has 0 aliphatic rings. The second-order valence-electron chi connectivity index (χ2n) is 7.22. The van der Waals surface area contributed by atoms with Crippen molar-refractivity contribution in [2.45, 2.75) is 38.5 Å². The molecule has 0 unspecified atom stereocenters. The Bertz CT molecular complexity index is 1190. The van der Waals surface area contributed by atoms with Gasteiger partial charge in [-0.25, -0.2) is 8.42 Å². The van der Waals surface area contributed by atoms with Crippen LogP contribution in [0, 0.1) is 6.92 Å². The molecule has 1 aromatic heterocycles. The highest BCUT2D eigenvalue weighted by Gasteiger charge is 2.17. The maximum atomic E-state index is 12.4. The van der Waals surface area contributed by atoms with Gasteiger partial charge >= 0.3 is 6.01 Å². The molecule has 1 amide bonds. The van der Waals surface area contributed by atoms with Crippen LogP contribution < -0.4 is 14.8 Å². The standard InChI is InChI=1S/C23H27N3O6S/c1-4-30-19-13-10-17(15-20(19)31-5-2)22-25-26-23(32-22)24-21(27)7-6-14-33(28,29)18-11-8-16(3)9-12-18/h8-13,15H,4-7,14H2,1-3H3,(H,24,26,27). The van der Waals surface area contributed by atoms with E-state index in [1.807, 2.05) is 20.8 Å². The topological polar surface area (TPSA) is 121 Å². The van der Waals surface area contributed by atoms with Gasteiger partial charge in [0, 0.05) is 12.0 Å². The van der Waals surface area contributed by atoms with Crippen LogP contribution in [-0.2, 0) is 14.6 Å². The Morgan fingerprint density at radius 3 is 2.39 bits per heavy atom. The molecule has 3 rings (SSSR count). The van der Waals surface area contributed by atoms with E-state index < -0.39 is 15.7 Å². The number of sulfone groups is 1. The number of amides is 1. The van der Waals surface area contributed by atoms with E-state index in [9.17, 15) is 13.2 Å². The maximum Gasteiger partial charge on any atom is 0.322 e. The van der Waals surface area contributed by atoms with Crippen LogP contribution >= 0.6 is 0 Å². The summed E-state index contributed by atoms with van der Waals surface area (Å²) in [7, 11) is -3.45. The van der Waals surface area contributed by atoms with Crippen molar-refractivity contribution in [3.05, 3.63) is 48.0 Å². The first-order valence-electron chi connectivity index (χ1n) is 10.6. The fourth-order valence-corrected chi connectivity index (χ4v) is 4.35. The van der Waals surface area contributed by atoms with Crippen LogP contribution in [-0.4, -0.2) is 43.5 Å². The zero-order valence-corrected chi connectivity index (χ0v) is 19.6. The van der Waals surface area contributed by atoms with Gasteiger partial charge in [0.05, 0.1) is 23.9 Å². The van der Waals surface area contributed by atoms with Gasteiger partial charge in [-0.3, -0.25) is 10.1 Å². The van der Waals surface area contributed by atoms with E-state index in [0.29, 0.717) is 30.3 Å². The zero-order chi connectivity index (χ0) is 23.8. The summed E-state index contributed by atoms with van der Waals surface area (Å²) in [6, 6.07) is 11.8. The van der Waals surface area contributed by atoms with E-state index in [-0.39, 0.29) is 35.4 Å². The molecular formula is C23H27N3O6S. The molecule has 2 aromatic carbocycles. The number of benzene rings is 2. The van der Waals surface area contributed by atoms with Crippen molar-refractivity contribution < 1.29 is 27.1 Å². The lowest BCUT2D eigenvalue weighted by Crippen LogP contribution is -2.14. The molecule has 0 spiro atoms. The molecular weight excluding hydrogens is 446 g/mol. The van der Waals surface area contributed by atoms with Crippen LogP contribution in [0.15, 0.2) is 51.8 Å². The van der Waals surface area contributed by atoms with E-state index in [0.717, 1.165) is 5.56 Å². The second-order valence-corrected chi connectivity index (χ2v) is 9.33. The van der Waals surface area contributed by atoms with Gasteiger partial charge in [0.1, 0.15) is 0 Å². The van der Waals surface area contributed by atoms with Gasteiger partial charge < -0.3 is 13.9 Å². The van der Waals surface area contributed by atoms with Crippen molar-refractivity contribution in [1.82, 2.24) is 10.2 Å². The van der Waals surface area contributed by atoms with Crippen LogP contribution in [0.1, 0.15) is 32.3 Å². The van der Waals surface area contributed by atoms with Crippen molar-refractivity contribution >= 4 is 21.8 Å². The molecule has 1 heterocycles. The van der Waals surface area contributed by atoms with Gasteiger partial charge in [0.2, 0.25) is 11.8 Å². The van der Waals surface area contributed by atoms with Crippen LogP contribution in [0.25, 0.3) is 11.5 Å². The Morgan fingerprint density at radius 2 is 1.70 bits per heavy atom. The number of carbonyl (C=O) groups is 1. The minimum atomic E-state index is -3.45. The van der Waals surface area contributed by atoms with Gasteiger partial charge in [0.15, 0.2) is 21.3 Å². The van der Waals surface area contributed by atoms with Gasteiger partial charge in [-0.05, 0) is 57.5 Å². The maximum absolute atomic E-state index is 12.4. The predicted octanol–water partition coefficient (Wildman–Crippen LogP) is 4.04. The number of nitrogens with zero attached hydrogens (tertiary/aromatic N) is 2. The lowest BCUT2D eigenvalue weighted by Gasteiger charge is -2.11. The summed E-state index contributed by atoms with van der Waals surface area (Å²) in [4.78, 5) is 12.5. The number of hydrogen-bond donors (Lipinski definition) is 1. The van der Waals surface area contributed by atoms with Crippen molar-refractivity contribution in [1.29, 1.82) is 0 Å². The Hall–Kier alpha value is -3.40. The summed E-state index contributed by atoms with van der Waals surface area (Å²) in [6.45, 7) is 6.61. The van der Waals surface area contributed by atoms with Crippen LogP contribution in [0.3, 0.4) is 0 Å². The fraction of sp³-hybridized carbons (Fsp3) is 0.348. The molecule has 0 fully saturated rings. The summed E-state index contributed by atoms with van der Waals surface area (Å²) in [5, 5.41) is 10.3. The summed E-state index contributed by atoms with van der Waals surface area (Å²) in [5.41, 5.74) is 1.59. The fourth-order valence-electron chi connectivity index (χ4n) is 3.04. The third kappa shape index (κ3) is 6.55. The third-order valence-corrected chi connectivity index (χ3v) is 6.48. The van der Waals surface area contributed by atoms with Gasteiger partial charge in [-0.15, -0.1) is 5.10 Å². The average Bonchev–Trinajstić information content (AvgIpc) is 3.24.